The summed E-state index contributed by atoms with van der Waals surface area (Å²) in [6.45, 7) is 6.35. The van der Waals surface area contributed by atoms with E-state index in [0.717, 1.165) is 5.57 Å². The maximum absolute atomic E-state index is 12.9. The highest BCUT2D eigenvalue weighted by Crippen LogP contribution is 2.28. The summed E-state index contributed by atoms with van der Waals surface area (Å²) < 4.78 is 22.2. The van der Waals surface area contributed by atoms with E-state index in [-0.39, 0.29) is 12.8 Å². The van der Waals surface area contributed by atoms with Crippen LogP contribution in [0.1, 0.15) is 40.5 Å². The number of aliphatic hydroxyl groups excluding tert-OH is 4. The average Bonchev–Trinajstić information content (AvgIpc) is 3.08. The van der Waals surface area contributed by atoms with Crippen molar-refractivity contribution in [1.82, 2.24) is 0 Å². The van der Waals surface area contributed by atoms with Crippen LogP contribution in [0.3, 0.4) is 0 Å². The maximum atomic E-state index is 12.9. The van der Waals surface area contributed by atoms with E-state index in [2.05, 4.69) is 0 Å². The van der Waals surface area contributed by atoms with Gasteiger partial charge in [0.25, 0.3) is 0 Å². The van der Waals surface area contributed by atoms with E-state index in [1.807, 2.05) is 19.9 Å². The Morgan fingerprint density at radius 3 is 2.45 bits per heavy atom. The molecule has 188 valence electrons. The van der Waals surface area contributed by atoms with Gasteiger partial charge in [0, 0.05) is 20.0 Å². The summed E-state index contributed by atoms with van der Waals surface area (Å²) in [5.41, 5.74) is 1.27. The van der Waals surface area contributed by atoms with E-state index >= 15 is 0 Å². The molecule has 10 heteroatoms. The van der Waals surface area contributed by atoms with Crippen LogP contribution in [0, 0.1) is 5.92 Å². The molecule has 33 heavy (non-hydrogen) atoms. The minimum absolute atomic E-state index is 0.259. The second-order valence-corrected chi connectivity index (χ2v) is 8.58. The molecule has 4 N–H and O–H groups in total. The van der Waals surface area contributed by atoms with E-state index in [0.29, 0.717) is 5.57 Å². The smallest absolute Gasteiger partial charge is 0.311 e. The van der Waals surface area contributed by atoms with Gasteiger partial charge in [0.1, 0.15) is 36.6 Å². The zero-order valence-electron chi connectivity index (χ0n) is 19.7. The molecule has 0 aromatic heterocycles. The number of aliphatic hydroxyl groups is 4. The summed E-state index contributed by atoms with van der Waals surface area (Å²) in [7, 11) is 1.37. The van der Waals surface area contributed by atoms with Crippen molar-refractivity contribution in [2.45, 2.75) is 89.6 Å². The van der Waals surface area contributed by atoms with Gasteiger partial charge in [0.2, 0.25) is 0 Å². The Labute approximate surface area is 193 Å². The van der Waals surface area contributed by atoms with Crippen molar-refractivity contribution in [3.05, 3.63) is 23.3 Å². The van der Waals surface area contributed by atoms with Crippen molar-refractivity contribution in [3.8, 4) is 0 Å². The molecule has 0 aromatic carbocycles. The third kappa shape index (κ3) is 6.48. The number of cyclic esters (lactones) is 1. The first-order valence-electron chi connectivity index (χ1n) is 11.1. The third-order valence-corrected chi connectivity index (χ3v) is 6.35. The Hall–Kier alpha value is -1.66. The predicted molar refractivity (Wildman–Crippen MR) is 116 cm³/mol. The van der Waals surface area contributed by atoms with Gasteiger partial charge in [-0.15, -0.1) is 0 Å². The zero-order chi connectivity index (χ0) is 24.9. The van der Waals surface area contributed by atoms with Crippen LogP contribution < -0.4 is 0 Å². The molecule has 0 radical (unpaired) electrons. The molecule has 9 atom stereocenters. The van der Waals surface area contributed by atoms with Gasteiger partial charge in [0.05, 0.1) is 18.6 Å². The molecule has 0 aliphatic carbocycles. The second-order valence-electron chi connectivity index (χ2n) is 8.58. The van der Waals surface area contributed by atoms with Crippen LogP contribution in [0.5, 0.6) is 0 Å². The number of rotatable bonds is 5. The number of hydrogen-bond donors (Lipinski definition) is 4. The van der Waals surface area contributed by atoms with Gasteiger partial charge >= 0.3 is 5.97 Å². The molecule has 0 saturated carbocycles. The molecule has 0 bridgehead atoms. The molecule has 0 amide bonds. The topological polar surface area (TPSA) is 152 Å². The number of allylic oxidation sites excluding steroid dienone is 1. The number of esters is 1. The monoisotopic (exact) mass is 472 g/mol. The van der Waals surface area contributed by atoms with E-state index in [9.17, 15) is 30.0 Å². The van der Waals surface area contributed by atoms with Crippen LogP contribution in [0.25, 0.3) is 0 Å². The number of carbonyl (C=O) groups is 2. The highest BCUT2D eigenvalue weighted by atomic mass is 16.7. The van der Waals surface area contributed by atoms with Crippen LogP contribution in [0.15, 0.2) is 23.3 Å². The summed E-state index contributed by atoms with van der Waals surface area (Å²) in [6, 6.07) is 0. The van der Waals surface area contributed by atoms with Crippen LogP contribution in [-0.4, -0.2) is 94.9 Å². The largest absolute Gasteiger partial charge is 0.457 e. The number of Topliss-reactive ketones (excluding diaryl/α,β-unsaturated/α-hetero) is 1. The molecule has 2 aliphatic heterocycles. The Balaban J connectivity index is 2.40. The lowest BCUT2D eigenvalue weighted by atomic mass is 9.92. The maximum Gasteiger partial charge on any atom is 0.311 e. The van der Waals surface area contributed by atoms with Crippen molar-refractivity contribution in [2.75, 3.05) is 13.7 Å². The first-order chi connectivity index (χ1) is 15.5. The second kappa shape index (κ2) is 12.2. The van der Waals surface area contributed by atoms with Gasteiger partial charge in [0.15, 0.2) is 12.1 Å². The van der Waals surface area contributed by atoms with Crippen molar-refractivity contribution in [1.29, 1.82) is 0 Å². The molecule has 10 nitrogen and oxygen atoms in total. The minimum Gasteiger partial charge on any atom is -0.457 e. The van der Waals surface area contributed by atoms with Crippen LogP contribution >= 0.6 is 0 Å². The van der Waals surface area contributed by atoms with Gasteiger partial charge in [-0.25, -0.2) is 0 Å². The number of carbonyl (C=O) groups excluding carboxylic acids is 2. The van der Waals surface area contributed by atoms with Crippen LogP contribution in [-0.2, 0) is 28.5 Å². The summed E-state index contributed by atoms with van der Waals surface area (Å²) in [6.07, 6.45) is -6.06. The molecule has 2 aliphatic rings. The minimum atomic E-state index is -1.65. The Morgan fingerprint density at radius 1 is 1.24 bits per heavy atom. The van der Waals surface area contributed by atoms with Gasteiger partial charge in [-0.05, 0) is 38.8 Å². The molecule has 1 fully saturated rings. The quantitative estimate of drug-likeness (QED) is 0.318. The molecule has 0 spiro atoms. The molecular formula is C23H36O10. The number of methoxy groups -OCH3 is 1. The van der Waals surface area contributed by atoms with Crippen molar-refractivity contribution in [3.63, 3.8) is 0 Å². The SMILES string of the molecule is C/C=C(/C)C1C/C=C(\C)C(OC2OC(CO)C(O)C2O)C(O)C(=O)CC(OC)C(C)C(=O)O1. The summed E-state index contributed by atoms with van der Waals surface area (Å²) >= 11 is 0. The van der Waals surface area contributed by atoms with Crippen LogP contribution in [0.2, 0.25) is 0 Å². The summed E-state index contributed by atoms with van der Waals surface area (Å²) in [4.78, 5) is 25.6. The van der Waals surface area contributed by atoms with E-state index in [4.69, 9.17) is 18.9 Å². The van der Waals surface area contributed by atoms with E-state index in [1.54, 1.807) is 19.9 Å². The lowest BCUT2D eigenvalue weighted by molar-refractivity contribution is -0.203. The zero-order valence-corrected chi connectivity index (χ0v) is 19.7. The number of hydrogen-bond acceptors (Lipinski definition) is 10. The molecule has 1 saturated heterocycles. The fraction of sp³-hybridized carbons (Fsp3) is 0.739. The van der Waals surface area contributed by atoms with Crippen LogP contribution in [0.4, 0.5) is 0 Å². The molecule has 2 rings (SSSR count). The fourth-order valence-electron chi connectivity index (χ4n) is 3.83. The molecule has 9 unspecified atom stereocenters. The highest BCUT2D eigenvalue weighted by molar-refractivity contribution is 5.85. The number of ketones is 1. The average molecular weight is 473 g/mol. The predicted octanol–water partition coefficient (Wildman–Crippen LogP) is 0.00980. The van der Waals surface area contributed by atoms with Gasteiger partial charge < -0.3 is 39.4 Å². The van der Waals surface area contributed by atoms with Crippen molar-refractivity contribution >= 4 is 11.8 Å². The molecule has 0 aromatic rings. The lowest BCUT2D eigenvalue weighted by Gasteiger charge is -2.30. The summed E-state index contributed by atoms with van der Waals surface area (Å²) in [5.74, 6) is -1.91. The first-order valence-corrected chi connectivity index (χ1v) is 11.1. The highest BCUT2D eigenvalue weighted by Gasteiger charge is 2.46. The Bertz CT molecular complexity index is 748. The number of ether oxygens (including phenoxy) is 4. The van der Waals surface area contributed by atoms with E-state index < -0.39 is 73.3 Å². The normalized spacial score (nSPS) is 41.1. The lowest BCUT2D eigenvalue weighted by Crippen LogP contribution is -2.45. The first kappa shape index (κ1) is 27.6. The van der Waals surface area contributed by atoms with E-state index in [1.165, 1.54) is 7.11 Å². The fourth-order valence-corrected chi connectivity index (χ4v) is 3.83. The van der Waals surface area contributed by atoms with Gasteiger partial charge in [-0.2, -0.15) is 0 Å². The molecular weight excluding hydrogens is 436 g/mol. The van der Waals surface area contributed by atoms with Gasteiger partial charge in [-0.3, -0.25) is 9.59 Å². The third-order valence-electron chi connectivity index (χ3n) is 6.35. The van der Waals surface area contributed by atoms with Crippen molar-refractivity contribution in [2.24, 2.45) is 5.92 Å². The summed E-state index contributed by atoms with van der Waals surface area (Å²) in [5, 5.41) is 40.4. The van der Waals surface area contributed by atoms with Gasteiger partial charge in [-0.1, -0.05) is 12.2 Å². The standard InChI is InChI=1S/C23H36O10/c1-6-11(2)15-8-7-12(3)21(33-23-20(28)19(27)17(10-24)32-23)18(26)14(25)9-16(30-5)13(4)22(29)31-15/h6-7,13,15-21,23-24,26-28H,8-10H2,1-5H3/b11-6-,12-7+. The Kier molecular flexibility index (Phi) is 10.2. The molecule has 2 heterocycles. The van der Waals surface area contributed by atoms with Crippen molar-refractivity contribution < 1.29 is 49.0 Å². The Morgan fingerprint density at radius 2 is 1.91 bits per heavy atom.